The fourth-order valence-electron chi connectivity index (χ4n) is 1.75. The van der Waals surface area contributed by atoms with Gasteiger partial charge in [-0.05, 0) is 18.6 Å². The van der Waals surface area contributed by atoms with Gasteiger partial charge in [0.1, 0.15) is 0 Å². The van der Waals surface area contributed by atoms with Crippen molar-refractivity contribution in [1.29, 1.82) is 0 Å². The second kappa shape index (κ2) is 4.68. The molecule has 0 saturated carbocycles. The average Bonchev–Trinajstić information content (AvgIpc) is 2.30. The molecule has 0 fully saturated rings. The van der Waals surface area contributed by atoms with Crippen molar-refractivity contribution in [2.24, 2.45) is 5.84 Å². The van der Waals surface area contributed by atoms with Gasteiger partial charge in [0.15, 0.2) is 0 Å². The van der Waals surface area contributed by atoms with Crippen molar-refractivity contribution in [1.82, 2.24) is 4.98 Å². The molecule has 0 aliphatic heterocycles. The number of pyridine rings is 1. The Morgan fingerprint density at radius 1 is 1.44 bits per heavy atom. The van der Waals surface area contributed by atoms with Crippen LogP contribution >= 0.6 is 11.6 Å². The first kappa shape index (κ1) is 11.2. The first-order valence-electron chi connectivity index (χ1n) is 5.31. The van der Waals surface area contributed by atoms with Crippen LogP contribution in [-0.2, 0) is 6.42 Å². The van der Waals surface area contributed by atoms with Crippen LogP contribution in [0.2, 0.25) is 5.02 Å². The van der Waals surface area contributed by atoms with E-state index in [1.165, 1.54) is 0 Å². The lowest BCUT2D eigenvalue weighted by Gasteiger charge is -2.09. The molecule has 0 bridgehead atoms. The fourth-order valence-corrected chi connectivity index (χ4v) is 1.98. The predicted octanol–water partition coefficient (Wildman–Crippen LogP) is 3.13. The van der Waals surface area contributed by atoms with E-state index in [9.17, 15) is 0 Å². The molecular formula is C12H14ClN3. The molecule has 0 unspecified atom stereocenters. The van der Waals surface area contributed by atoms with Crippen LogP contribution in [0.15, 0.2) is 24.3 Å². The zero-order valence-corrected chi connectivity index (χ0v) is 9.88. The number of nitrogens with one attached hydrogen (secondary N) is 1. The Hall–Kier alpha value is -1.32. The van der Waals surface area contributed by atoms with Crippen LogP contribution in [0, 0.1) is 0 Å². The molecule has 0 atom stereocenters. The molecule has 0 amide bonds. The zero-order valence-electron chi connectivity index (χ0n) is 9.13. The second-order valence-electron chi connectivity index (χ2n) is 3.69. The van der Waals surface area contributed by atoms with Crippen molar-refractivity contribution in [3.8, 4) is 0 Å². The minimum atomic E-state index is 0.679. The molecule has 4 heteroatoms. The molecule has 3 N–H and O–H groups in total. The minimum Gasteiger partial charge on any atom is -0.322 e. The summed E-state index contributed by atoms with van der Waals surface area (Å²) in [4.78, 5) is 4.56. The molecule has 1 aromatic heterocycles. The number of nitrogens with zero attached hydrogens (tertiary/aromatic N) is 1. The third-order valence-corrected chi connectivity index (χ3v) is 2.82. The van der Waals surface area contributed by atoms with E-state index in [0.717, 1.165) is 35.1 Å². The molecule has 0 spiro atoms. The van der Waals surface area contributed by atoms with Gasteiger partial charge in [-0.2, -0.15) is 0 Å². The van der Waals surface area contributed by atoms with Gasteiger partial charge in [0.05, 0.1) is 21.9 Å². The van der Waals surface area contributed by atoms with Crippen molar-refractivity contribution in [2.75, 3.05) is 5.43 Å². The number of aromatic nitrogens is 1. The lowest BCUT2D eigenvalue weighted by molar-refractivity contribution is 0.890. The predicted molar refractivity (Wildman–Crippen MR) is 68.6 cm³/mol. The van der Waals surface area contributed by atoms with Gasteiger partial charge in [-0.15, -0.1) is 0 Å². The number of hydrogen-bond donors (Lipinski definition) is 2. The van der Waals surface area contributed by atoms with E-state index < -0.39 is 0 Å². The number of nitrogens with two attached hydrogens (primary N) is 1. The lowest BCUT2D eigenvalue weighted by Crippen LogP contribution is -2.10. The number of benzene rings is 1. The molecule has 0 aliphatic carbocycles. The number of hydrogen-bond acceptors (Lipinski definition) is 3. The summed E-state index contributed by atoms with van der Waals surface area (Å²) in [6.45, 7) is 2.11. The molecule has 0 aliphatic rings. The Kier molecular flexibility index (Phi) is 3.27. The second-order valence-corrected chi connectivity index (χ2v) is 4.10. The van der Waals surface area contributed by atoms with Crippen molar-refractivity contribution in [3.63, 3.8) is 0 Å². The van der Waals surface area contributed by atoms with Gasteiger partial charge in [0.25, 0.3) is 0 Å². The van der Waals surface area contributed by atoms with Gasteiger partial charge in [-0.25, -0.2) is 4.98 Å². The highest BCUT2D eigenvalue weighted by atomic mass is 35.5. The van der Waals surface area contributed by atoms with Crippen LogP contribution in [0.4, 0.5) is 5.69 Å². The van der Waals surface area contributed by atoms with E-state index in [4.69, 9.17) is 17.4 Å². The first-order chi connectivity index (χ1) is 7.76. The number of anilines is 1. The molecule has 0 radical (unpaired) electrons. The number of para-hydroxylation sites is 1. The van der Waals surface area contributed by atoms with Gasteiger partial charge in [-0.3, -0.25) is 5.84 Å². The highest BCUT2D eigenvalue weighted by Crippen LogP contribution is 2.26. The summed E-state index contributed by atoms with van der Waals surface area (Å²) < 4.78 is 0. The van der Waals surface area contributed by atoms with Gasteiger partial charge in [-0.1, -0.05) is 37.1 Å². The molecule has 3 nitrogen and oxygen atoms in total. The van der Waals surface area contributed by atoms with Crippen LogP contribution in [0.5, 0.6) is 0 Å². The molecule has 1 heterocycles. The van der Waals surface area contributed by atoms with Crippen molar-refractivity contribution < 1.29 is 0 Å². The molecular weight excluding hydrogens is 222 g/mol. The quantitative estimate of drug-likeness (QED) is 0.635. The van der Waals surface area contributed by atoms with Crippen molar-refractivity contribution >= 4 is 28.2 Å². The van der Waals surface area contributed by atoms with Crippen molar-refractivity contribution in [2.45, 2.75) is 19.8 Å². The summed E-state index contributed by atoms with van der Waals surface area (Å²) in [5.74, 6) is 5.49. The van der Waals surface area contributed by atoms with Crippen LogP contribution < -0.4 is 11.3 Å². The number of fused-ring (bicyclic) bond motifs is 1. The van der Waals surface area contributed by atoms with Crippen LogP contribution in [0.1, 0.15) is 19.0 Å². The molecule has 1 aromatic carbocycles. The number of nitrogen functional groups attached to an aromatic ring is 1. The molecule has 84 valence electrons. The zero-order chi connectivity index (χ0) is 11.5. The third-order valence-electron chi connectivity index (χ3n) is 2.52. The number of aryl methyl sites for hydroxylation is 1. The van der Waals surface area contributed by atoms with Gasteiger partial charge in [0, 0.05) is 5.39 Å². The van der Waals surface area contributed by atoms with Crippen LogP contribution in [0.25, 0.3) is 10.9 Å². The molecule has 2 rings (SSSR count). The Morgan fingerprint density at radius 2 is 2.25 bits per heavy atom. The monoisotopic (exact) mass is 235 g/mol. The number of rotatable bonds is 3. The highest BCUT2D eigenvalue weighted by molar-refractivity contribution is 6.35. The third kappa shape index (κ3) is 1.96. The Balaban J connectivity index is 2.65. The molecule has 2 aromatic rings. The molecule has 0 saturated heterocycles. The van der Waals surface area contributed by atoms with E-state index >= 15 is 0 Å². The van der Waals surface area contributed by atoms with E-state index in [0.29, 0.717) is 5.02 Å². The van der Waals surface area contributed by atoms with Gasteiger partial charge < -0.3 is 5.43 Å². The minimum absolute atomic E-state index is 0.679. The van der Waals surface area contributed by atoms with Crippen LogP contribution in [-0.4, -0.2) is 4.98 Å². The summed E-state index contributed by atoms with van der Waals surface area (Å²) in [5.41, 5.74) is 5.36. The average molecular weight is 236 g/mol. The molecule has 16 heavy (non-hydrogen) atoms. The van der Waals surface area contributed by atoms with Crippen LogP contribution in [0.3, 0.4) is 0 Å². The Bertz CT molecular complexity index is 511. The number of hydrazine groups is 1. The highest BCUT2D eigenvalue weighted by Gasteiger charge is 2.07. The van der Waals surface area contributed by atoms with Gasteiger partial charge >= 0.3 is 0 Å². The summed E-state index contributed by atoms with van der Waals surface area (Å²) in [5, 5.41) is 1.68. The Labute approximate surface area is 99.6 Å². The standard InChI is InChI=1S/C12H14ClN3/c1-2-4-10-11(16-14)7-8-5-3-6-9(13)12(8)15-10/h3,5-7,16H,2,4,14H2,1H3. The summed E-state index contributed by atoms with van der Waals surface area (Å²) in [6, 6.07) is 7.72. The lowest BCUT2D eigenvalue weighted by atomic mass is 10.1. The summed E-state index contributed by atoms with van der Waals surface area (Å²) in [6.07, 6.45) is 1.92. The normalized spacial score (nSPS) is 10.7. The van der Waals surface area contributed by atoms with E-state index in [1.54, 1.807) is 0 Å². The van der Waals surface area contributed by atoms with Crippen molar-refractivity contribution in [3.05, 3.63) is 35.0 Å². The Morgan fingerprint density at radius 3 is 2.94 bits per heavy atom. The topological polar surface area (TPSA) is 50.9 Å². The maximum absolute atomic E-state index is 6.11. The van der Waals surface area contributed by atoms with E-state index in [1.807, 2.05) is 24.3 Å². The largest absolute Gasteiger partial charge is 0.322 e. The summed E-state index contributed by atoms with van der Waals surface area (Å²) in [7, 11) is 0. The SMILES string of the molecule is CCCc1nc2c(Cl)cccc2cc1NN. The summed E-state index contributed by atoms with van der Waals surface area (Å²) >= 11 is 6.11. The maximum atomic E-state index is 6.11. The first-order valence-corrected chi connectivity index (χ1v) is 5.68. The fraction of sp³-hybridized carbons (Fsp3) is 0.250. The smallest absolute Gasteiger partial charge is 0.0893 e. The van der Waals surface area contributed by atoms with E-state index in [2.05, 4.69) is 17.3 Å². The maximum Gasteiger partial charge on any atom is 0.0893 e. The number of halogens is 1. The van der Waals surface area contributed by atoms with E-state index in [-0.39, 0.29) is 0 Å². The van der Waals surface area contributed by atoms with Gasteiger partial charge in [0.2, 0.25) is 0 Å².